The Labute approximate surface area is 113 Å². The van der Waals surface area contributed by atoms with Gasteiger partial charge >= 0.3 is 0 Å². The van der Waals surface area contributed by atoms with Crippen LogP contribution >= 0.6 is 0 Å². The van der Waals surface area contributed by atoms with Crippen LogP contribution in [-0.4, -0.2) is 10.9 Å². The van der Waals surface area contributed by atoms with Crippen LogP contribution in [0.15, 0.2) is 35.7 Å². The summed E-state index contributed by atoms with van der Waals surface area (Å²) in [6.07, 6.45) is 2.18. The molecule has 102 valence electrons. The van der Waals surface area contributed by atoms with Crippen LogP contribution in [0.4, 0.5) is 0 Å². The van der Waals surface area contributed by atoms with Gasteiger partial charge in [0.05, 0.1) is 0 Å². The average molecular weight is 247 g/mol. The summed E-state index contributed by atoms with van der Waals surface area (Å²) in [5.74, 6) is 1.43. The largest absolute Gasteiger partial charge is 0.346 e. The first-order valence-corrected chi connectivity index (χ1v) is 7.08. The lowest BCUT2D eigenvalue weighted by Gasteiger charge is -2.41. The standard InChI is InChI=1S/C17H29N/c1-11(2)9-13(4)16(7)18-14(5)10-12(3)15(6)17(18)8/h11,13,16H,3,5,9-10H2,1-2,4,6-8H3. The lowest BCUT2D eigenvalue weighted by Crippen LogP contribution is -2.38. The van der Waals surface area contributed by atoms with E-state index in [2.05, 4.69) is 59.6 Å². The van der Waals surface area contributed by atoms with Gasteiger partial charge in [-0.15, -0.1) is 0 Å². The Morgan fingerprint density at radius 3 is 2.17 bits per heavy atom. The van der Waals surface area contributed by atoms with E-state index in [9.17, 15) is 0 Å². The van der Waals surface area contributed by atoms with Gasteiger partial charge in [-0.2, -0.15) is 0 Å². The van der Waals surface area contributed by atoms with E-state index in [4.69, 9.17) is 0 Å². The fourth-order valence-corrected chi connectivity index (χ4v) is 2.93. The summed E-state index contributed by atoms with van der Waals surface area (Å²) in [6.45, 7) is 22.0. The molecule has 0 bridgehead atoms. The van der Waals surface area contributed by atoms with Crippen LogP contribution in [0.1, 0.15) is 54.4 Å². The molecule has 1 heteroatoms. The van der Waals surface area contributed by atoms with Crippen molar-refractivity contribution in [1.82, 2.24) is 4.90 Å². The smallest absolute Gasteiger partial charge is 0.0333 e. The molecule has 0 aromatic heterocycles. The van der Waals surface area contributed by atoms with Crippen LogP contribution < -0.4 is 0 Å². The molecule has 0 amide bonds. The molecule has 0 N–H and O–H groups in total. The molecule has 1 aliphatic heterocycles. The summed E-state index contributed by atoms with van der Waals surface area (Å²) < 4.78 is 0. The summed E-state index contributed by atoms with van der Waals surface area (Å²) in [4.78, 5) is 2.43. The van der Waals surface area contributed by atoms with Gasteiger partial charge in [0, 0.05) is 23.9 Å². The van der Waals surface area contributed by atoms with Gasteiger partial charge in [0.25, 0.3) is 0 Å². The monoisotopic (exact) mass is 247 g/mol. The van der Waals surface area contributed by atoms with Crippen molar-refractivity contribution in [2.45, 2.75) is 60.4 Å². The maximum atomic E-state index is 4.24. The molecule has 0 fully saturated rings. The summed E-state index contributed by atoms with van der Waals surface area (Å²) in [6, 6.07) is 0.517. The Bertz CT molecular complexity index is 373. The Balaban J connectivity index is 2.93. The van der Waals surface area contributed by atoms with Crippen molar-refractivity contribution in [2.75, 3.05) is 0 Å². The van der Waals surface area contributed by atoms with Gasteiger partial charge in [0.2, 0.25) is 0 Å². The zero-order valence-electron chi connectivity index (χ0n) is 13.0. The molecule has 0 aromatic rings. The predicted molar refractivity (Wildman–Crippen MR) is 81.2 cm³/mol. The molecule has 0 spiro atoms. The lowest BCUT2D eigenvalue weighted by molar-refractivity contribution is 0.222. The minimum atomic E-state index is 0.517. The van der Waals surface area contributed by atoms with Gasteiger partial charge in [-0.1, -0.05) is 33.9 Å². The van der Waals surface area contributed by atoms with Crippen molar-refractivity contribution in [3.8, 4) is 0 Å². The highest BCUT2D eigenvalue weighted by molar-refractivity contribution is 5.39. The van der Waals surface area contributed by atoms with Gasteiger partial charge in [-0.05, 0) is 50.2 Å². The van der Waals surface area contributed by atoms with Crippen LogP contribution in [0.3, 0.4) is 0 Å². The van der Waals surface area contributed by atoms with E-state index in [1.54, 1.807) is 0 Å². The first-order chi connectivity index (χ1) is 8.25. The zero-order chi connectivity index (χ0) is 14.0. The molecule has 1 nitrogen and oxygen atoms in total. The Hall–Kier alpha value is -0.980. The molecule has 0 saturated heterocycles. The predicted octanol–water partition coefficient (Wildman–Crippen LogP) is 5.13. The SMILES string of the molecule is C=C1CC(=C)N(C(C)C(C)CC(C)C)C(C)=C1C. The minimum absolute atomic E-state index is 0.517. The molecule has 0 aliphatic carbocycles. The fraction of sp³-hybridized carbons (Fsp3) is 0.647. The van der Waals surface area contributed by atoms with Gasteiger partial charge in [-0.25, -0.2) is 0 Å². The normalized spacial score (nSPS) is 20.7. The summed E-state index contributed by atoms with van der Waals surface area (Å²) in [7, 11) is 0. The maximum absolute atomic E-state index is 4.24. The third kappa shape index (κ3) is 3.07. The molecule has 1 aliphatic rings. The highest BCUT2D eigenvalue weighted by Gasteiger charge is 2.27. The number of allylic oxidation sites excluding steroid dienone is 3. The quantitative estimate of drug-likeness (QED) is 0.666. The molecular weight excluding hydrogens is 218 g/mol. The number of hydrogen-bond acceptors (Lipinski definition) is 1. The van der Waals surface area contributed by atoms with Gasteiger partial charge in [-0.3, -0.25) is 0 Å². The van der Waals surface area contributed by atoms with Crippen LogP contribution in [0, 0.1) is 11.8 Å². The van der Waals surface area contributed by atoms with Crippen molar-refractivity contribution >= 4 is 0 Å². The molecular formula is C17H29N. The highest BCUT2D eigenvalue weighted by Crippen LogP contribution is 2.35. The van der Waals surface area contributed by atoms with E-state index >= 15 is 0 Å². The first-order valence-electron chi connectivity index (χ1n) is 7.08. The van der Waals surface area contributed by atoms with Crippen molar-refractivity contribution in [2.24, 2.45) is 11.8 Å². The third-order valence-corrected chi connectivity index (χ3v) is 4.27. The number of nitrogens with zero attached hydrogens (tertiary/aromatic N) is 1. The molecule has 2 atom stereocenters. The molecule has 1 heterocycles. The van der Waals surface area contributed by atoms with Gasteiger partial charge in [0.15, 0.2) is 0 Å². The lowest BCUT2D eigenvalue weighted by atomic mass is 9.88. The van der Waals surface area contributed by atoms with E-state index < -0.39 is 0 Å². The topological polar surface area (TPSA) is 3.24 Å². The van der Waals surface area contributed by atoms with E-state index in [1.165, 1.54) is 29.0 Å². The highest BCUT2D eigenvalue weighted by atomic mass is 15.2. The van der Waals surface area contributed by atoms with E-state index in [1.807, 2.05) is 0 Å². The first kappa shape index (κ1) is 15.1. The van der Waals surface area contributed by atoms with Crippen molar-refractivity contribution in [1.29, 1.82) is 0 Å². The van der Waals surface area contributed by atoms with Crippen LogP contribution in [0.25, 0.3) is 0 Å². The second kappa shape index (κ2) is 5.77. The fourth-order valence-electron chi connectivity index (χ4n) is 2.93. The molecule has 1 rings (SSSR count). The minimum Gasteiger partial charge on any atom is -0.346 e. The zero-order valence-corrected chi connectivity index (χ0v) is 13.0. The molecule has 2 unspecified atom stereocenters. The Morgan fingerprint density at radius 1 is 1.11 bits per heavy atom. The Morgan fingerprint density at radius 2 is 1.67 bits per heavy atom. The summed E-state index contributed by atoms with van der Waals surface area (Å²) in [5.41, 5.74) is 5.09. The van der Waals surface area contributed by atoms with Crippen molar-refractivity contribution < 1.29 is 0 Å². The Kier molecular flexibility index (Phi) is 4.84. The summed E-state index contributed by atoms with van der Waals surface area (Å²) in [5, 5.41) is 0. The van der Waals surface area contributed by atoms with Crippen LogP contribution in [-0.2, 0) is 0 Å². The van der Waals surface area contributed by atoms with Gasteiger partial charge in [0.1, 0.15) is 0 Å². The summed E-state index contributed by atoms with van der Waals surface area (Å²) >= 11 is 0. The van der Waals surface area contributed by atoms with Crippen LogP contribution in [0.5, 0.6) is 0 Å². The molecule has 18 heavy (non-hydrogen) atoms. The van der Waals surface area contributed by atoms with Crippen LogP contribution in [0.2, 0.25) is 0 Å². The van der Waals surface area contributed by atoms with Gasteiger partial charge < -0.3 is 4.90 Å². The maximum Gasteiger partial charge on any atom is 0.0333 e. The van der Waals surface area contributed by atoms with Crippen molar-refractivity contribution in [3.05, 3.63) is 35.7 Å². The van der Waals surface area contributed by atoms with Crippen molar-refractivity contribution in [3.63, 3.8) is 0 Å². The van der Waals surface area contributed by atoms with E-state index in [0.29, 0.717) is 12.0 Å². The number of rotatable bonds is 4. The van der Waals surface area contributed by atoms with E-state index in [0.717, 1.165) is 12.3 Å². The molecule has 0 aromatic carbocycles. The number of hydrogen-bond donors (Lipinski definition) is 0. The van der Waals surface area contributed by atoms with E-state index in [-0.39, 0.29) is 0 Å². The second-order valence-corrected chi connectivity index (χ2v) is 6.27. The third-order valence-electron chi connectivity index (χ3n) is 4.27. The average Bonchev–Trinajstić information content (AvgIpc) is 2.25. The molecule has 0 radical (unpaired) electrons. The molecule has 0 saturated carbocycles. The second-order valence-electron chi connectivity index (χ2n) is 6.27.